The number of carbonyl (C=O) groups excluding carboxylic acids is 2. The molecule has 2 heterocycles. The number of benzene rings is 1. The summed E-state index contributed by atoms with van der Waals surface area (Å²) in [7, 11) is 1.09. The van der Waals surface area contributed by atoms with Crippen molar-refractivity contribution in [2.24, 2.45) is 5.92 Å². The van der Waals surface area contributed by atoms with Crippen LogP contribution in [0.4, 0.5) is 0 Å². The van der Waals surface area contributed by atoms with Crippen LogP contribution in [0.2, 0.25) is 0 Å². The summed E-state index contributed by atoms with van der Waals surface area (Å²) in [5.74, 6) is -2.94. The van der Waals surface area contributed by atoms with Crippen LogP contribution in [0.25, 0.3) is 0 Å². The van der Waals surface area contributed by atoms with Crippen molar-refractivity contribution < 1.29 is 63.9 Å². The highest BCUT2D eigenvalue weighted by Crippen LogP contribution is 2.40. The third kappa shape index (κ3) is 5.93. The number of carbonyl (C=O) groups is 2. The number of hydrogen-bond donors (Lipinski definition) is 6. The number of aromatic hydroxyl groups is 1. The fourth-order valence-corrected chi connectivity index (χ4v) is 4.08. The van der Waals surface area contributed by atoms with Gasteiger partial charge >= 0.3 is 11.9 Å². The van der Waals surface area contributed by atoms with Gasteiger partial charge in [0.1, 0.15) is 41.3 Å². The smallest absolute Gasteiger partial charge is 0.339 e. The molecular formula is C24H30O13. The molecule has 0 spiro atoms. The quantitative estimate of drug-likeness (QED) is 0.164. The van der Waals surface area contributed by atoms with Gasteiger partial charge in [-0.3, -0.25) is 0 Å². The molecular weight excluding hydrogens is 496 g/mol. The first-order valence-electron chi connectivity index (χ1n) is 11.3. The van der Waals surface area contributed by atoms with E-state index < -0.39 is 67.1 Å². The van der Waals surface area contributed by atoms with Gasteiger partial charge in [-0.25, -0.2) is 9.59 Å². The van der Waals surface area contributed by atoms with Gasteiger partial charge in [-0.2, -0.15) is 0 Å². The average molecular weight is 526 g/mol. The number of aliphatic hydroxyl groups is 5. The lowest BCUT2D eigenvalue weighted by Gasteiger charge is -2.45. The van der Waals surface area contributed by atoms with Crippen molar-refractivity contribution in [2.45, 2.75) is 49.0 Å². The van der Waals surface area contributed by atoms with Crippen molar-refractivity contribution in [3.05, 3.63) is 54.3 Å². The topological polar surface area (TPSA) is 202 Å². The zero-order valence-electron chi connectivity index (χ0n) is 19.9. The Balaban J connectivity index is 1.79. The Morgan fingerprint density at radius 2 is 1.76 bits per heavy atom. The summed E-state index contributed by atoms with van der Waals surface area (Å²) in [6.45, 7) is 2.59. The van der Waals surface area contributed by atoms with Crippen LogP contribution >= 0.6 is 0 Å². The van der Waals surface area contributed by atoms with E-state index in [1.165, 1.54) is 30.3 Å². The van der Waals surface area contributed by atoms with Crippen LogP contribution in [0.15, 0.2) is 48.8 Å². The van der Waals surface area contributed by atoms with Crippen LogP contribution in [0.1, 0.15) is 16.8 Å². The first-order chi connectivity index (χ1) is 17.6. The van der Waals surface area contributed by atoms with Gasteiger partial charge in [-0.1, -0.05) is 6.08 Å². The normalized spacial score (nSPS) is 33.6. The van der Waals surface area contributed by atoms with Crippen molar-refractivity contribution >= 4 is 11.9 Å². The second-order valence-electron chi connectivity index (χ2n) is 8.48. The van der Waals surface area contributed by atoms with Crippen molar-refractivity contribution in [2.75, 3.05) is 20.3 Å². The van der Waals surface area contributed by atoms with Crippen molar-refractivity contribution in [3.63, 3.8) is 0 Å². The minimum atomic E-state index is -2.10. The van der Waals surface area contributed by atoms with Gasteiger partial charge in [0.25, 0.3) is 0 Å². The molecule has 1 saturated heterocycles. The molecule has 204 valence electrons. The monoisotopic (exact) mass is 526 g/mol. The molecule has 0 aliphatic carbocycles. The standard InChI is InChI=1S/C24H30O13/c1-3-14-22(37-23-19(29)18(28)17(27)16(10-25)36-23)35-11-15(21(31)33-2)24(14,32)8-9-34-20(30)12-4-6-13(26)7-5-12/h3-7,11,14,16-19,22-23,25-29,32H,1,8-10H2,2H3. The van der Waals surface area contributed by atoms with Crippen LogP contribution in [0.3, 0.4) is 0 Å². The molecule has 0 saturated carbocycles. The lowest BCUT2D eigenvalue weighted by atomic mass is 9.77. The Labute approximate surface area is 211 Å². The van der Waals surface area contributed by atoms with E-state index in [1.54, 1.807) is 0 Å². The first kappa shape index (κ1) is 28.5. The maximum absolute atomic E-state index is 12.4. The molecule has 8 atom stereocenters. The van der Waals surface area contributed by atoms with Crippen LogP contribution in [-0.4, -0.2) is 105 Å². The molecule has 6 N–H and O–H groups in total. The molecule has 3 rings (SSSR count). The number of hydrogen-bond acceptors (Lipinski definition) is 13. The van der Waals surface area contributed by atoms with Gasteiger partial charge in [0.2, 0.25) is 6.29 Å². The number of rotatable bonds is 9. The van der Waals surface area contributed by atoms with E-state index in [0.717, 1.165) is 13.4 Å². The van der Waals surface area contributed by atoms with E-state index in [2.05, 4.69) is 6.58 Å². The van der Waals surface area contributed by atoms with E-state index in [4.69, 9.17) is 23.7 Å². The lowest BCUT2D eigenvalue weighted by Crippen LogP contribution is -2.61. The molecule has 0 bridgehead atoms. The number of ether oxygens (including phenoxy) is 5. The Morgan fingerprint density at radius 3 is 2.35 bits per heavy atom. The van der Waals surface area contributed by atoms with Crippen LogP contribution in [-0.2, 0) is 28.5 Å². The molecule has 0 radical (unpaired) electrons. The van der Waals surface area contributed by atoms with Gasteiger partial charge < -0.3 is 54.3 Å². The molecule has 2 aliphatic heterocycles. The Hall–Kier alpha value is -3.04. The number of phenolic OH excluding ortho intramolecular Hbond substituents is 1. The minimum absolute atomic E-state index is 0.0415. The van der Waals surface area contributed by atoms with E-state index >= 15 is 0 Å². The molecule has 0 amide bonds. The highest BCUT2D eigenvalue weighted by atomic mass is 16.8. The maximum Gasteiger partial charge on any atom is 0.339 e. The van der Waals surface area contributed by atoms with E-state index in [9.17, 15) is 40.2 Å². The summed E-state index contributed by atoms with van der Waals surface area (Å²) in [5, 5.41) is 60.7. The molecule has 1 fully saturated rings. The molecule has 37 heavy (non-hydrogen) atoms. The predicted molar refractivity (Wildman–Crippen MR) is 121 cm³/mol. The van der Waals surface area contributed by atoms with Gasteiger partial charge in [0.05, 0.1) is 38.1 Å². The largest absolute Gasteiger partial charge is 0.508 e. The Kier molecular flexibility index (Phi) is 9.26. The summed E-state index contributed by atoms with van der Waals surface area (Å²) in [6.07, 6.45) is -7.63. The van der Waals surface area contributed by atoms with Crippen LogP contribution in [0.5, 0.6) is 5.75 Å². The van der Waals surface area contributed by atoms with E-state index in [0.29, 0.717) is 0 Å². The highest BCUT2D eigenvalue weighted by molar-refractivity contribution is 5.91. The number of aliphatic hydroxyl groups excluding tert-OH is 4. The summed E-state index contributed by atoms with van der Waals surface area (Å²) in [5.41, 5.74) is -2.28. The zero-order chi connectivity index (χ0) is 27.3. The zero-order valence-corrected chi connectivity index (χ0v) is 19.9. The average Bonchev–Trinajstić information content (AvgIpc) is 2.89. The van der Waals surface area contributed by atoms with Crippen molar-refractivity contribution in [1.82, 2.24) is 0 Å². The van der Waals surface area contributed by atoms with Gasteiger partial charge in [0, 0.05) is 6.42 Å². The second kappa shape index (κ2) is 12.0. The van der Waals surface area contributed by atoms with E-state index in [1.807, 2.05) is 0 Å². The van der Waals surface area contributed by atoms with Gasteiger partial charge in [-0.15, -0.1) is 6.58 Å². The Morgan fingerprint density at radius 1 is 1.08 bits per heavy atom. The van der Waals surface area contributed by atoms with Crippen LogP contribution in [0, 0.1) is 5.92 Å². The molecule has 13 heteroatoms. The van der Waals surface area contributed by atoms with Gasteiger partial charge in [-0.05, 0) is 24.3 Å². The van der Waals surface area contributed by atoms with E-state index in [-0.39, 0.29) is 29.9 Å². The lowest BCUT2D eigenvalue weighted by molar-refractivity contribution is -0.343. The first-order valence-corrected chi connectivity index (χ1v) is 11.3. The molecule has 2 aliphatic rings. The fraction of sp³-hybridized carbons (Fsp3) is 0.500. The highest BCUT2D eigenvalue weighted by Gasteiger charge is 2.53. The molecule has 0 aromatic heterocycles. The second-order valence-corrected chi connectivity index (χ2v) is 8.48. The molecule has 1 aromatic carbocycles. The maximum atomic E-state index is 12.4. The molecule has 13 nitrogen and oxygen atoms in total. The third-order valence-electron chi connectivity index (χ3n) is 6.23. The predicted octanol–water partition coefficient (Wildman–Crippen LogP) is -1.30. The van der Waals surface area contributed by atoms with Crippen LogP contribution < -0.4 is 0 Å². The summed E-state index contributed by atoms with van der Waals surface area (Å²) in [6, 6.07) is 5.29. The molecule has 8 unspecified atom stereocenters. The SMILES string of the molecule is C=CC1C(OC2OC(CO)C(O)C(O)C2O)OC=C(C(=O)OC)C1(O)CCOC(=O)c1ccc(O)cc1. The number of methoxy groups -OCH3 is 1. The minimum Gasteiger partial charge on any atom is -0.508 e. The summed E-state index contributed by atoms with van der Waals surface area (Å²) >= 11 is 0. The Bertz CT molecular complexity index is 991. The van der Waals surface area contributed by atoms with Gasteiger partial charge in [0.15, 0.2) is 6.29 Å². The van der Waals surface area contributed by atoms with Crippen molar-refractivity contribution in [3.8, 4) is 5.75 Å². The fourth-order valence-electron chi connectivity index (χ4n) is 4.08. The number of phenols is 1. The summed E-state index contributed by atoms with van der Waals surface area (Å²) in [4.78, 5) is 24.7. The number of esters is 2. The summed E-state index contributed by atoms with van der Waals surface area (Å²) < 4.78 is 26.4. The molecule has 1 aromatic rings. The van der Waals surface area contributed by atoms with Crippen molar-refractivity contribution in [1.29, 1.82) is 0 Å². The third-order valence-corrected chi connectivity index (χ3v) is 6.23.